The molecule has 0 bridgehead atoms. The lowest BCUT2D eigenvalue weighted by atomic mass is 9.70. The van der Waals surface area contributed by atoms with Crippen LogP contribution in [0.2, 0.25) is 0 Å². The van der Waals surface area contributed by atoms with Crippen LogP contribution in [0.15, 0.2) is 0 Å². The molecule has 0 rings (SSSR count). The van der Waals surface area contributed by atoms with Crippen LogP contribution < -0.4 is 5.32 Å². The van der Waals surface area contributed by atoms with E-state index in [2.05, 4.69) is 46.9 Å². The van der Waals surface area contributed by atoms with Crippen LogP contribution >= 0.6 is 11.6 Å². The molecule has 0 radical (unpaired) electrons. The second kappa shape index (κ2) is 12.3. The highest BCUT2D eigenvalue weighted by molar-refractivity contribution is 6.20. The van der Waals surface area contributed by atoms with Crippen molar-refractivity contribution in [3.05, 3.63) is 0 Å². The summed E-state index contributed by atoms with van der Waals surface area (Å²) in [4.78, 5) is 12.4. The number of carbonyl (C=O) groups excluding carboxylic acids is 1. The van der Waals surface area contributed by atoms with E-state index in [1.165, 1.54) is 25.7 Å². The van der Waals surface area contributed by atoms with Gasteiger partial charge in [-0.15, -0.1) is 11.6 Å². The van der Waals surface area contributed by atoms with E-state index >= 15 is 0 Å². The Morgan fingerprint density at radius 1 is 1.08 bits per heavy atom. The van der Waals surface area contributed by atoms with Gasteiger partial charge in [-0.2, -0.15) is 0 Å². The molecule has 0 aromatic rings. The second-order valence-electron chi connectivity index (χ2n) is 8.35. The zero-order valence-electron chi connectivity index (χ0n) is 17.3. The van der Waals surface area contributed by atoms with Crippen LogP contribution in [-0.2, 0) is 4.79 Å². The third kappa shape index (κ3) is 10.0. The van der Waals surface area contributed by atoms with Crippen molar-refractivity contribution in [1.29, 1.82) is 0 Å². The van der Waals surface area contributed by atoms with Gasteiger partial charge in [0.2, 0.25) is 0 Å². The fourth-order valence-electron chi connectivity index (χ4n) is 3.42. The minimum atomic E-state index is -0.0301. The summed E-state index contributed by atoms with van der Waals surface area (Å²) in [5.74, 6) is 1.04. The molecular weight excluding hydrogens is 318 g/mol. The van der Waals surface area contributed by atoms with Crippen LogP contribution in [0.5, 0.6) is 0 Å². The monoisotopic (exact) mass is 359 g/mol. The molecule has 0 fully saturated rings. The normalized spacial score (nSPS) is 17.3. The number of ketones is 1. The lowest BCUT2D eigenvalue weighted by molar-refractivity contribution is -0.121. The standard InChI is InChI=1S/C21H42ClNO/c1-8-11-19(13-10-12-16(3)22)21(6,7)15-14-20(24)18(5)23-17(4)9-2/h16-19,23H,8-15H2,1-7H3. The van der Waals surface area contributed by atoms with Gasteiger partial charge >= 0.3 is 0 Å². The maximum atomic E-state index is 12.4. The van der Waals surface area contributed by atoms with E-state index in [1.54, 1.807) is 0 Å². The molecule has 0 saturated heterocycles. The minimum absolute atomic E-state index is 0.0301. The fourth-order valence-corrected chi connectivity index (χ4v) is 3.58. The van der Waals surface area contributed by atoms with Gasteiger partial charge in [0, 0.05) is 17.8 Å². The number of hydrogen-bond donors (Lipinski definition) is 1. The van der Waals surface area contributed by atoms with Crippen molar-refractivity contribution in [3.8, 4) is 0 Å². The lowest BCUT2D eigenvalue weighted by Gasteiger charge is -2.35. The van der Waals surface area contributed by atoms with Crippen LogP contribution in [0.25, 0.3) is 0 Å². The van der Waals surface area contributed by atoms with E-state index in [-0.39, 0.29) is 16.8 Å². The van der Waals surface area contributed by atoms with E-state index < -0.39 is 0 Å². The molecule has 0 aromatic heterocycles. The first-order valence-corrected chi connectivity index (χ1v) is 10.5. The van der Waals surface area contributed by atoms with Crippen LogP contribution in [0.1, 0.15) is 99.8 Å². The predicted molar refractivity (Wildman–Crippen MR) is 108 cm³/mol. The number of halogens is 1. The van der Waals surface area contributed by atoms with E-state index in [4.69, 9.17) is 11.6 Å². The first-order valence-electron chi connectivity index (χ1n) is 10.1. The van der Waals surface area contributed by atoms with E-state index in [1.807, 2.05) is 6.92 Å². The number of hydrogen-bond acceptors (Lipinski definition) is 2. The van der Waals surface area contributed by atoms with Gasteiger partial charge in [-0.25, -0.2) is 0 Å². The first kappa shape index (κ1) is 23.9. The molecule has 4 atom stereocenters. The van der Waals surface area contributed by atoms with Crippen LogP contribution in [0.3, 0.4) is 0 Å². The number of carbonyl (C=O) groups is 1. The Balaban J connectivity index is 4.50. The highest BCUT2D eigenvalue weighted by Crippen LogP contribution is 2.38. The summed E-state index contributed by atoms with van der Waals surface area (Å²) < 4.78 is 0. The Labute approximate surface area is 156 Å². The Hall–Kier alpha value is -0.0800. The first-order chi connectivity index (χ1) is 11.1. The van der Waals surface area contributed by atoms with Crippen LogP contribution in [0.4, 0.5) is 0 Å². The average molecular weight is 360 g/mol. The second-order valence-corrected chi connectivity index (χ2v) is 9.09. The molecule has 0 aliphatic heterocycles. The number of rotatable bonds is 14. The molecule has 3 heteroatoms. The molecule has 4 unspecified atom stereocenters. The largest absolute Gasteiger partial charge is 0.305 e. The number of Topliss-reactive ketones (excluding diaryl/α,β-unsaturated/α-hetero) is 1. The molecule has 0 aromatic carbocycles. The quantitative estimate of drug-likeness (QED) is 0.366. The fraction of sp³-hybridized carbons (Fsp3) is 0.952. The minimum Gasteiger partial charge on any atom is -0.305 e. The van der Waals surface area contributed by atoms with Crippen molar-refractivity contribution < 1.29 is 4.79 Å². The van der Waals surface area contributed by atoms with Crippen molar-refractivity contribution in [2.24, 2.45) is 11.3 Å². The molecule has 1 N–H and O–H groups in total. The zero-order valence-corrected chi connectivity index (χ0v) is 18.0. The van der Waals surface area contributed by atoms with Gasteiger partial charge in [-0.1, -0.05) is 47.0 Å². The Morgan fingerprint density at radius 3 is 2.21 bits per heavy atom. The van der Waals surface area contributed by atoms with Gasteiger partial charge < -0.3 is 5.32 Å². The van der Waals surface area contributed by atoms with Crippen LogP contribution in [0, 0.1) is 11.3 Å². The maximum Gasteiger partial charge on any atom is 0.149 e. The Kier molecular flexibility index (Phi) is 12.3. The lowest BCUT2D eigenvalue weighted by Crippen LogP contribution is -2.40. The molecule has 0 amide bonds. The Bertz CT molecular complexity index is 341. The molecule has 0 spiro atoms. The summed E-state index contributed by atoms with van der Waals surface area (Å²) in [6.45, 7) is 15.3. The Morgan fingerprint density at radius 2 is 1.71 bits per heavy atom. The van der Waals surface area contributed by atoms with Gasteiger partial charge in [0.15, 0.2) is 0 Å². The van der Waals surface area contributed by atoms with E-state index in [9.17, 15) is 4.79 Å². The van der Waals surface area contributed by atoms with Gasteiger partial charge in [-0.3, -0.25) is 4.79 Å². The number of nitrogens with one attached hydrogen (secondary N) is 1. The molecule has 0 heterocycles. The molecule has 0 saturated carbocycles. The van der Waals surface area contributed by atoms with Crippen molar-refractivity contribution in [1.82, 2.24) is 5.32 Å². The smallest absolute Gasteiger partial charge is 0.149 e. The summed E-state index contributed by atoms with van der Waals surface area (Å²) in [5, 5.41) is 3.67. The van der Waals surface area contributed by atoms with Gasteiger partial charge in [0.1, 0.15) is 5.78 Å². The molecular formula is C21H42ClNO. The van der Waals surface area contributed by atoms with Crippen molar-refractivity contribution >= 4 is 17.4 Å². The third-order valence-electron chi connectivity index (χ3n) is 5.54. The highest BCUT2D eigenvalue weighted by Gasteiger charge is 2.29. The third-order valence-corrected chi connectivity index (χ3v) is 5.76. The van der Waals surface area contributed by atoms with Crippen LogP contribution in [-0.4, -0.2) is 23.2 Å². The van der Waals surface area contributed by atoms with Crippen molar-refractivity contribution in [2.75, 3.05) is 0 Å². The average Bonchev–Trinajstić information content (AvgIpc) is 2.51. The molecule has 0 aliphatic rings. The highest BCUT2D eigenvalue weighted by atomic mass is 35.5. The predicted octanol–water partition coefficient (Wildman–Crippen LogP) is 6.35. The number of alkyl halides is 1. The zero-order chi connectivity index (χ0) is 18.8. The van der Waals surface area contributed by atoms with Gasteiger partial charge in [0.05, 0.1) is 6.04 Å². The molecule has 0 aliphatic carbocycles. The van der Waals surface area contributed by atoms with Gasteiger partial charge in [0.25, 0.3) is 0 Å². The van der Waals surface area contributed by atoms with Crippen molar-refractivity contribution in [3.63, 3.8) is 0 Å². The topological polar surface area (TPSA) is 29.1 Å². The maximum absolute atomic E-state index is 12.4. The summed E-state index contributed by atoms with van der Waals surface area (Å²) in [7, 11) is 0. The SMILES string of the molecule is CCCC(CCCC(C)Cl)C(C)(C)CCC(=O)C(C)NC(C)CC. The molecule has 24 heavy (non-hydrogen) atoms. The summed E-state index contributed by atoms with van der Waals surface area (Å²) >= 11 is 6.09. The van der Waals surface area contributed by atoms with Gasteiger partial charge in [-0.05, 0) is 57.8 Å². The summed E-state index contributed by atoms with van der Waals surface area (Å²) in [6, 6.07) is 0.375. The van der Waals surface area contributed by atoms with Crippen molar-refractivity contribution in [2.45, 2.75) is 117 Å². The summed E-state index contributed by atoms with van der Waals surface area (Å²) in [6.07, 6.45) is 8.70. The van der Waals surface area contributed by atoms with E-state index in [0.29, 0.717) is 24.2 Å². The molecule has 2 nitrogen and oxygen atoms in total. The summed E-state index contributed by atoms with van der Waals surface area (Å²) in [5.41, 5.74) is 0.220. The van der Waals surface area contributed by atoms with E-state index in [0.717, 1.165) is 19.3 Å². The molecule has 144 valence electrons.